The number of alkyl halides is 3. The van der Waals surface area contributed by atoms with Crippen LogP contribution in [0.5, 0.6) is 0 Å². The quantitative estimate of drug-likeness (QED) is 0.652. The first-order valence-corrected chi connectivity index (χ1v) is 5.16. The molecule has 0 bridgehead atoms. The summed E-state index contributed by atoms with van der Waals surface area (Å²) in [6, 6.07) is 8.54. The van der Waals surface area contributed by atoms with E-state index in [2.05, 4.69) is 10.1 Å². The van der Waals surface area contributed by atoms with Crippen molar-refractivity contribution in [3.05, 3.63) is 42.1 Å². The van der Waals surface area contributed by atoms with Gasteiger partial charge in [0.1, 0.15) is 5.70 Å². The molecule has 1 atom stereocenters. The van der Waals surface area contributed by atoms with Crippen molar-refractivity contribution in [1.82, 2.24) is 0 Å². The molecule has 0 aliphatic carbocycles. The second kappa shape index (κ2) is 6.68. The highest BCUT2D eigenvalue weighted by Gasteiger charge is 2.25. The summed E-state index contributed by atoms with van der Waals surface area (Å²) in [6.07, 6.45) is -4.97. The Morgan fingerprint density at radius 2 is 1.89 bits per heavy atom. The van der Waals surface area contributed by atoms with Crippen LogP contribution >= 0.6 is 0 Å². The zero-order chi connectivity index (χ0) is 13.5. The number of benzene rings is 1. The maximum absolute atomic E-state index is 12.6. The summed E-state index contributed by atoms with van der Waals surface area (Å²) in [5, 5.41) is 2.65. The SMILES string of the molecule is CC=C(Nc1ccccc1)C(=O)OC(F)C(F)F. The van der Waals surface area contributed by atoms with Gasteiger partial charge < -0.3 is 10.1 Å². The number of allylic oxidation sites excluding steroid dienone is 1. The molecule has 1 rings (SSSR count). The van der Waals surface area contributed by atoms with Crippen molar-refractivity contribution in [2.75, 3.05) is 5.32 Å². The maximum atomic E-state index is 12.6. The molecule has 0 amide bonds. The normalized spacial score (nSPS) is 13.3. The second-order valence-electron chi connectivity index (χ2n) is 3.28. The molecule has 1 aromatic carbocycles. The molecule has 18 heavy (non-hydrogen) atoms. The van der Waals surface area contributed by atoms with E-state index < -0.39 is 18.8 Å². The lowest BCUT2D eigenvalue weighted by Gasteiger charge is -2.12. The molecule has 6 heteroatoms. The van der Waals surface area contributed by atoms with Crippen molar-refractivity contribution in [2.24, 2.45) is 0 Å². The fourth-order valence-corrected chi connectivity index (χ4v) is 1.14. The summed E-state index contributed by atoms with van der Waals surface area (Å²) >= 11 is 0. The number of esters is 1. The van der Waals surface area contributed by atoms with Crippen LogP contribution < -0.4 is 5.32 Å². The van der Waals surface area contributed by atoms with E-state index in [-0.39, 0.29) is 5.70 Å². The average Bonchev–Trinajstić information content (AvgIpc) is 2.36. The Morgan fingerprint density at radius 1 is 1.28 bits per heavy atom. The van der Waals surface area contributed by atoms with E-state index in [4.69, 9.17) is 0 Å². The van der Waals surface area contributed by atoms with E-state index in [0.29, 0.717) is 5.69 Å². The number of carbonyl (C=O) groups is 1. The third-order valence-electron chi connectivity index (χ3n) is 1.98. The highest BCUT2D eigenvalue weighted by Crippen LogP contribution is 2.13. The number of rotatable bonds is 5. The van der Waals surface area contributed by atoms with Gasteiger partial charge in [-0.05, 0) is 19.1 Å². The molecule has 0 fully saturated rings. The van der Waals surface area contributed by atoms with Gasteiger partial charge in [0.15, 0.2) is 0 Å². The van der Waals surface area contributed by atoms with Gasteiger partial charge in [0.05, 0.1) is 0 Å². The first kappa shape index (κ1) is 14.1. The van der Waals surface area contributed by atoms with Crippen molar-refractivity contribution in [3.63, 3.8) is 0 Å². The molecule has 0 aliphatic rings. The molecule has 0 heterocycles. The molecule has 0 radical (unpaired) electrons. The molecule has 0 saturated carbocycles. The lowest BCUT2D eigenvalue weighted by Crippen LogP contribution is -2.24. The average molecular weight is 259 g/mol. The van der Waals surface area contributed by atoms with Crippen LogP contribution in [-0.2, 0) is 9.53 Å². The largest absolute Gasteiger partial charge is 0.420 e. The lowest BCUT2D eigenvalue weighted by atomic mass is 10.3. The van der Waals surface area contributed by atoms with Crippen molar-refractivity contribution in [3.8, 4) is 0 Å². The highest BCUT2D eigenvalue weighted by atomic mass is 19.3. The molecular formula is C12H12F3NO2. The Morgan fingerprint density at radius 3 is 2.39 bits per heavy atom. The van der Waals surface area contributed by atoms with Gasteiger partial charge >= 0.3 is 18.8 Å². The maximum Gasteiger partial charge on any atom is 0.357 e. The van der Waals surface area contributed by atoms with Crippen LogP contribution in [0.4, 0.5) is 18.9 Å². The van der Waals surface area contributed by atoms with E-state index in [1.54, 1.807) is 30.3 Å². The number of hydrogen-bond donors (Lipinski definition) is 1. The Labute approximate surface area is 102 Å². The van der Waals surface area contributed by atoms with Crippen LogP contribution in [0.2, 0.25) is 0 Å². The van der Waals surface area contributed by atoms with Gasteiger partial charge in [0.25, 0.3) is 0 Å². The molecule has 3 nitrogen and oxygen atoms in total. The minimum absolute atomic E-state index is 0.107. The first-order chi connectivity index (χ1) is 8.54. The number of hydrogen-bond acceptors (Lipinski definition) is 3. The summed E-state index contributed by atoms with van der Waals surface area (Å²) in [4.78, 5) is 11.4. The van der Waals surface area contributed by atoms with Gasteiger partial charge in [-0.1, -0.05) is 24.3 Å². The standard InChI is InChI=1S/C12H12F3NO2/c1-2-9(12(17)18-11(15)10(13)14)16-8-6-4-3-5-7-8/h2-7,10-11,16H,1H3. The Hall–Kier alpha value is -1.98. The van der Waals surface area contributed by atoms with Gasteiger partial charge in [-0.3, -0.25) is 0 Å². The molecule has 98 valence electrons. The van der Waals surface area contributed by atoms with Crippen LogP contribution in [0.15, 0.2) is 42.1 Å². The summed E-state index contributed by atoms with van der Waals surface area (Å²) in [7, 11) is 0. The first-order valence-electron chi connectivity index (χ1n) is 5.16. The molecule has 1 unspecified atom stereocenters. The van der Waals surface area contributed by atoms with Crippen LogP contribution in [0.25, 0.3) is 0 Å². The van der Waals surface area contributed by atoms with Crippen LogP contribution in [0.3, 0.4) is 0 Å². The van der Waals surface area contributed by atoms with E-state index in [9.17, 15) is 18.0 Å². The monoisotopic (exact) mass is 259 g/mol. The molecule has 0 aromatic heterocycles. The second-order valence-corrected chi connectivity index (χ2v) is 3.28. The smallest absolute Gasteiger partial charge is 0.357 e. The minimum Gasteiger partial charge on any atom is -0.420 e. The van der Waals surface area contributed by atoms with Crippen LogP contribution in [0, 0.1) is 0 Å². The van der Waals surface area contributed by atoms with Crippen molar-refractivity contribution in [2.45, 2.75) is 19.7 Å². The molecule has 0 saturated heterocycles. The summed E-state index contributed by atoms with van der Waals surface area (Å²) < 4.78 is 40.3. The van der Waals surface area contributed by atoms with E-state index in [1.165, 1.54) is 13.0 Å². The minimum atomic E-state index is -3.36. The summed E-state index contributed by atoms with van der Waals surface area (Å²) in [6.45, 7) is 1.50. The highest BCUT2D eigenvalue weighted by molar-refractivity contribution is 5.91. The van der Waals surface area contributed by atoms with Gasteiger partial charge in [0, 0.05) is 5.69 Å². The molecule has 0 spiro atoms. The van der Waals surface area contributed by atoms with Gasteiger partial charge in [-0.25, -0.2) is 13.6 Å². The van der Waals surface area contributed by atoms with Crippen LogP contribution in [-0.4, -0.2) is 18.8 Å². The zero-order valence-corrected chi connectivity index (χ0v) is 9.57. The van der Waals surface area contributed by atoms with Gasteiger partial charge in [0.2, 0.25) is 0 Å². The van der Waals surface area contributed by atoms with Gasteiger partial charge in [-0.2, -0.15) is 4.39 Å². The third-order valence-corrected chi connectivity index (χ3v) is 1.98. The summed E-state index contributed by atoms with van der Waals surface area (Å²) in [5.41, 5.74) is 0.458. The van der Waals surface area contributed by atoms with Crippen molar-refractivity contribution >= 4 is 11.7 Å². The van der Waals surface area contributed by atoms with E-state index in [1.807, 2.05) is 0 Å². The van der Waals surface area contributed by atoms with Crippen molar-refractivity contribution < 1.29 is 22.7 Å². The van der Waals surface area contributed by atoms with Gasteiger partial charge in [-0.15, -0.1) is 0 Å². The lowest BCUT2D eigenvalue weighted by molar-refractivity contribution is -0.169. The third kappa shape index (κ3) is 4.12. The number of carbonyl (C=O) groups excluding carboxylic acids is 1. The predicted octanol–water partition coefficient (Wildman–Crippen LogP) is 3.11. The number of para-hydroxylation sites is 1. The molecule has 1 aromatic rings. The Balaban J connectivity index is 2.65. The predicted molar refractivity (Wildman–Crippen MR) is 60.8 cm³/mol. The number of nitrogens with one attached hydrogen (secondary N) is 1. The number of ether oxygens (including phenoxy) is 1. The molecule has 0 aliphatic heterocycles. The van der Waals surface area contributed by atoms with Crippen LogP contribution in [0.1, 0.15) is 6.92 Å². The van der Waals surface area contributed by atoms with Crippen molar-refractivity contribution in [1.29, 1.82) is 0 Å². The Kier molecular flexibility index (Phi) is 5.23. The van der Waals surface area contributed by atoms with E-state index >= 15 is 0 Å². The van der Waals surface area contributed by atoms with E-state index in [0.717, 1.165) is 0 Å². The fraction of sp³-hybridized carbons (Fsp3) is 0.250. The topological polar surface area (TPSA) is 38.3 Å². The number of anilines is 1. The fourth-order valence-electron chi connectivity index (χ4n) is 1.14. The molecular weight excluding hydrogens is 247 g/mol. The molecule has 1 N–H and O–H groups in total. The summed E-state index contributed by atoms with van der Waals surface area (Å²) in [5.74, 6) is -1.17. The Bertz CT molecular complexity index is 421. The zero-order valence-electron chi connectivity index (χ0n) is 9.57. The number of halogens is 3.